The fraction of sp³-hybridized carbons (Fsp3) is 0.583. The van der Waals surface area contributed by atoms with E-state index in [0.29, 0.717) is 12.8 Å². The van der Waals surface area contributed by atoms with Gasteiger partial charge in [0.25, 0.3) is 0 Å². The topological polar surface area (TPSA) is 78.4 Å². The van der Waals surface area contributed by atoms with Gasteiger partial charge in [-0.2, -0.15) is 0 Å². The largest absolute Gasteiger partial charge is 0.481 e. The lowest BCUT2D eigenvalue weighted by molar-refractivity contribution is -0.142. The van der Waals surface area contributed by atoms with Crippen LogP contribution >= 0.6 is 0 Å². The molecule has 18 heavy (non-hydrogen) atoms. The molecule has 1 aliphatic heterocycles. The molecule has 2 rings (SSSR count). The lowest BCUT2D eigenvalue weighted by Crippen LogP contribution is -2.36. The number of hydrogen-bond donors (Lipinski definition) is 2. The molecule has 0 amide bonds. The van der Waals surface area contributed by atoms with Gasteiger partial charge in [0.2, 0.25) is 0 Å². The van der Waals surface area contributed by atoms with Gasteiger partial charge >= 0.3 is 5.97 Å². The van der Waals surface area contributed by atoms with Crippen LogP contribution in [0.4, 0.5) is 11.6 Å². The van der Waals surface area contributed by atoms with Gasteiger partial charge in [0, 0.05) is 25.7 Å². The van der Waals surface area contributed by atoms with E-state index in [9.17, 15) is 4.79 Å². The number of piperidine rings is 1. The van der Waals surface area contributed by atoms with E-state index in [1.165, 1.54) is 6.33 Å². The molecular formula is C12H18N4O2. The quantitative estimate of drug-likeness (QED) is 0.836. The van der Waals surface area contributed by atoms with E-state index in [2.05, 4.69) is 20.2 Å². The molecule has 1 saturated heterocycles. The minimum atomic E-state index is -0.689. The van der Waals surface area contributed by atoms with Crippen LogP contribution in [0, 0.1) is 5.92 Å². The summed E-state index contributed by atoms with van der Waals surface area (Å²) in [5.41, 5.74) is 0. The molecule has 1 aliphatic rings. The van der Waals surface area contributed by atoms with Crippen molar-refractivity contribution in [1.29, 1.82) is 0 Å². The van der Waals surface area contributed by atoms with Crippen molar-refractivity contribution in [1.82, 2.24) is 9.97 Å². The maximum atomic E-state index is 10.9. The van der Waals surface area contributed by atoms with Crippen LogP contribution in [0.25, 0.3) is 0 Å². The maximum Gasteiger partial charge on any atom is 0.306 e. The molecule has 6 heteroatoms. The fourth-order valence-electron chi connectivity index (χ4n) is 2.15. The summed E-state index contributed by atoms with van der Waals surface area (Å²) < 4.78 is 0. The average molecular weight is 250 g/mol. The lowest BCUT2D eigenvalue weighted by Gasteiger charge is -2.31. The van der Waals surface area contributed by atoms with Crippen molar-refractivity contribution in [2.45, 2.75) is 19.8 Å². The molecule has 0 saturated carbocycles. The normalized spacial score (nSPS) is 16.6. The SMILES string of the molecule is CCNc1cc(N2CCC(C(=O)O)CC2)ncn1. The van der Waals surface area contributed by atoms with Gasteiger partial charge in [0.1, 0.15) is 18.0 Å². The van der Waals surface area contributed by atoms with Crippen molar-refractivity contribution in [3.8, 4) is 0 Å². The highest BCUT2D eigenvalue weighted by Gasteiger charge is 2.25. The number of nitrogens with one attached hydrogen (secondary N) is 1. The summed E-state index contributed by atoms with van der Waals surface area (Å²) >= 11 is 0. The second-order valence-corrected chi connectivity index (χ2v) is 4.39. The zero-order chi connectivity index (χ0) is 13.0. The summed E-state index contributed by atoms with van der Waals surface area (Å²) in [5, 5.41) is 12.1. The summed E-state index contributed by atoms with van der Waals surface area (Å²) in [5.74, 6) is 0.773. The van der Waals surface area contributed by atoms with Crippen molar-refractivity contribution in [2.24, 2.45) is 5.92 Å². The zero-order valence-corrected chi connectivity index (χ0v) is 10.5. The van der Waals surface area contributed by atoms with E-state index in [1.807, 2.05) is 13.0 Å². The van der Waals surface area contributed by atoms with E-state index in [4.69, 9.17) is 5.11 Å². The summed E-state index contributed by atoms with van der Waals surface area (Å²) in [6.45, 7) is 4.30. The third-order valence-corrected chi connectivity index (χ3v) is 3.18. The molecule has 1 aromatic rings. The van der Waals surface area contributed by atoms with Crippen LogP contribution in [0.5, 0.6) is 0 Å². The van der Waals surface area contributed by atoms with Crippen LogP contribution in [-0.2, 0) is 4.79 Å². The van der Waals surface area contributed by atoms with Gasteiger partial charge in [-0.05, 0) is 19.8 Å². The number of nitrogens with zero attached hydrogens (tertiary/aromatic N) is 3. The second-order valence-electron chi connectivity index (χ2n) is 4.39. The van der Waals surface area contributed by atoms with Crippen molar-refractivity contribution in [3.05, 3.63) is 12.4 Å². The number of aliphatic carboxylic acids is 1. The molecular weight excluding hydrogens is 232 g/mol. The molecule has 0 aliphatic carbocycles. The highest BCUT2D eigenvalue weighted by Crippen LogP contribution is 2.22. The Morgan fingerprint density at radius 3 is 2.83 bits per heavy atom. The van der Waals surface area contributed by atoms with Crippen molar-refractivity contribution < 1.29 is 9.90 Å². The Balaban J connectivity index is 2.00. The third kappa shape index (κ3) is 2.88. The number of hydrogen-bond acceptors (Lipinski definition) is 5. The summed E-state index contributed by atoms with van der Waals surface area (Å²) in [4.78, 5) is 21.4. The predicted molar refractivity (Wildman–Crippen MR) is 68.8 cm³/mol. The summed E-state index contributed by atoms with van der Waals surface area (Å²) in [6, 6.07) is 1.91. The van der Waals surface area contributed by atoms with Crippen LogP contribution in [0.1, 0.15) is 19.8 Å². The van der Waals surface area contributed by atoms with Gasteiger partial charge in [-0.15, -0.1) is 0 Å². The number of rotatable bonds is 4. The molecule has 0 radical (unpaired) electrons. The Bertz CT molecular complexity index is 416. The molecule has 2 N–H and O–H groups in total. The molecule has 6 nitrogen and oxygen atoms in total. The third-order valence-electron chi connectivity index (χ3n) is 3.18. The van der Waals surface area contributed by atoms with E-state index >= 15 is 0 Å². The highest BCUT2D eigenvalue weighted by molar-refractivity contribution is 5.70. The van der Waals surface area contributed by atoms with E-state index < -0.39 is 5.97 Å². The molecule has 1 fully saturated rings. The monoisotopic (exact) mass is 250 g/mol. The number of carboxylic acid groups (broad SMARTS) is 1. The maximum absolute atomic E-state index is 10.9. The van der Waals surface area contributed by atoms with Crippen LogP contribution in [0.15, 0.2) is 12.4 Å². The number of anilines is 2. The van der Waals surface area contributed by atoms with Crippen LogP contribution in [-0.4, -0.2) is 40.7 Å². The van der Waals surface area contributed by atoms with Crippen molar-refractivity contribution in [3.63, 3.8) is 0 Å². The first-order valence-corrected chi connectivity index (χ1v) is 6.24. The average Bonchev–Trinajstić information content (AvgIpc) is 2.39. The van der Waals surface area contributed by atoms with Gasteiger partial charge < -0.3 is 15.3 Å². The van der Waals surface area contributed by atoms with Gasteiger partial charge in [-0.1, -0.05) is 0 Å². The predicted octanol–water partition coefficient (Wildman–Crippen LogP) is 1.21. The zero-order valence-electron chi connectivity index (χ0n) is 10.5. The first kappa shape index (κ1) is 12.6. The van der Waals surface area contributed by atoms with Crippen LogP contribution < -0.4 is 10.2 Å². The first-order chi connectivity index (χ1) is 8.70. The standard InChI is InChI=1S/C12H18N4O2/c1-2-13-10-7-11(15-8-14-10)16-5-3-9(4-6-16)12(17)18/h7-9H,2-6H2,1H3,(H,17,18)(H,13,14,15). The molecule has 0 bridgehead atoms. The molecule has 0 spiro atoms. The van der Waals surface area contributed by atoms with E-state index in [0.717, 1.165) is 31.3 Å². The Labute approximate surface area is 106 Å². The first-order valence-electron chi connectivity index (χ1n) is 6.24. The molecule has 1 aromatic heterocycles. The number of carbonyl (C=O) groups is 1. The minimum Gasteiger partial charge on any atom is -0.481 e. The van der Waals surface area contributed by atoms with Crippen LogP contribution in [0.3, 0.4) is 0 Å². The number of aromatic nitrogens is 2. The highest BCUT2D eigenvalue weighted by atomic mass is 16.4. The van der Waals surface area contributed by atoms with Gasteiger partial charge in [0.15, 0.2) is 0 Å². The molecule has 0 unspecified atom stereocenters. The van der Waals surface area contributed by atoms with Crippen molar-refractivity contribution in [2.75, 3.05) is 29.9 Å². The smallest absolute Gasteiger partial charge is 0.306 e. The van der Waals surface area contributed by atoms with Gasteiger partial charge in [0.05, 0.1) is 5.92 Å². The van der Waals surface area contributed by atoms with Gasteiger partial charge in [-0.3, -0.25) is 4.79 Å². The Hall–Kier alpha value is -1.85. The second kappa shape index (κ2) is 5.66. The molecule has 0 aromatic carbocycles. The molecule has 0 atom stereocenters. The summed E-state index contributed by atoms with van der Waals surface area (Å²) in [6.07, 6.45) is 2.89. The van der Waals surface area contributed by atoms with E-state index in [-0.39, 0.29) is 5.92 Å². The van der Waals surface area contributed by atoms with Crippen LogP contribution in [0.2, 0.25) is 0 Å². The lowest BCUT2D eigenvalue weighted by atomic mass is 9.97. The van der Waals surface area contributed by atoms with Crippen molar-refractivity contribution >= 4 is 17.6 Å². The minimum absolute atomic E-state index is 0.212. The van der Waals surface area contributed by atoms with E-state index in [1.54, 1.807) is 0 Å². The van der Waals surface area contributed by atoms with Gasteiger partial charge in [-0.25, -0.2) is 9.97 Å². The summed E-state index contributed by atoms with van der Waals surface area (Å²) in [7, 11) is 0. The number of carboxylic acids is 1. The molecule has 98 valence electrons. The Kier molecular flexibility index (Phi) is 3.96. The Morgan fingerprint density at radius 1 is 1.50 bits per heavy atom. The molecule has 2 heterocycles. The Morgan fingerprint density at radius 2 is 2.22 bits per heavy atom. The fourth-order valence-corrected chi connectivity index (χ4v) is 2.15.